The van der Waals surface area contributed by atoms with Gasteiger partial charge >= 0.3 is 24.0 Å². The molecule has 4 atom stereocenters. The molecular weight excluding hydrogens is 1440 g/mol. The number of urea groups is 2. The van der Waals surface area contributed by atoms with Crippen LogP contribution in [0.3, 0.4) is 0 Å². The van der Waals surface area contributed by atoms with Gasteiger partial charge in [-0.2, -0.15) is 0 Å². The van der Waals surface area contributed by atoms with Gasteiger partial charge in [-0.3, -0.25) is 39.2 Å². The third-order valence-corrected chi connectivity index (χ3v) is 22.8. The summed E-state index contributed by atoms with van der Waals surface area (Å²) in [5.74, 6) is -2.61. The van der Waals surface area contributed by atoms with Crippen LogP contribution >= 0.6 is 45.9 Å². The number of anilines is 2. The number of halogens is 6. The number of amidine groups is 2. The molecule has 6 aliphatic heterocycles. The van der Waals surface area contributed by atoms with E-state index in [1.165, 1.54) is 103 Å². The number of rotatable bonds is 18. The van der Waals surface area contributed by atoms with Crippen LogP contribution in [-0.4, -0.2) is 169 Å². The molecule has 0 unspecified atom stereocenters. The second-order valence-corrected chi connectivity index (χ2v) is 30.2. The Morgan fingerprint density at radius 1 is 0.538 bits per heavy atom. The van der Waals surface area contributed by atoms with Crippen molar-refractivity contribution >= 4 is 104 Å². The van der Waals surface area contributed by atoms with Crippen LogP contribution in [0, 0.1) is 23.3 Å². The van der Waals surface area contributed by atoms with Crippen LogP contribution in [0.2, 0.25) is 10.0 Å². The fraction of sp³-hybridized carbons (Fsp3) is 0.308. The minimum atomic E-state index is -0.921. The number of benzene rings is 6. The number of methoxy groups -OCH3 is 2. The number of aromatic nitrogens is 2. The minimum absolute atomic E-state index is 0.0392. The number of piperazine rings is 2. The number of fused-ring (bicyclic) bond motifs is 2. The van der Waals surface area contributed by atoms with E-state index in [2.05, 4.69) is 30.4 Å². The molecule has 4 amide bonds. The number of amides is 4. The van der Waals surface area contributed by atoms with Crippen molar-refractivity contribution in [3.63, 3.8) is 0 Å². The highest BCUT2D eigenvalue weighted by atomic mass is 35.5. The van der Waals surface area contributed by atoms with Crippen LogP contribution in [0.1, 0.15) is 85.9 Å². The first kappa shape index (κ1) is 74.3. The number of hydrogen-bond acceptors (Lipinski definition) is 18. The lowest BCUT2D eigenvalue weighted by Crippen LogP contribution is -2.53. The highest BCUT2D eigenvalue weighted by Gasteiger charge is 2.45. The molecule has 4 fully saturated rings. The second-order valence-electron chi connectivity index (χ2n) is 27.6. The highest BCUT2D eigenvalue weighted by molar-refractivity contribution is 7.12. The quantitative estimate of drug-likeness (QED) is 0.0604. The van der Waals surface area contributed by atoms with Crippen LogP contribution in [0.5, 0.6) is 0 Å². The van der Waals surface area contributed by atoms with Crippen LogP contribution in [-0.2, 0) is 39.5 Å². The normalized spacial score (nSPS) is 19.2. The van der Waals surface area contributed by atoms with E-state index in [-0.39, 0.29) is 81.2 Å². The molecular formula is C78H74Cl2F4N12O8S2. The van der Waals surface area contributed by atoms with Gasteiger partial charge in [0, 0.05) is 143 Å². The number of Topliss-reactive ketones (excluding diaryl/α,β-unsaturated/α-hetero) is 2. The summed E-state index contributed by atoms with van der Waals surface area (Å²) in [6, 6.07) is 30.2. The average molecular weight is 1520 g/mol. The molecule has 8 aromatic rings. The largest absolute Gasteiger partial charge is 0.466 e. The van der Waals surface area contributed by atoms with Gasteiger partial charge in [-0.25, -0.2) is 46.7 Å². The van der Waals surface area contributed by atoms with E-state index in [1.807, 2.05) is 77.6 Å². The van der Waals surface area contributed by atoms with Gasteiger partial charge in [0.05, 0.1) is 43.1 Å². The predicted molar refractivity (Wildman–Crippen MR) is 400 cm³/mol. The Morgan fingerprint density at radius 2 is 0.991 bits per heavy atom. The Morgan fingerprint density at radius 3 is 1.43 bits per heavy atom. The number of carbonyl (C=O) groups is 6. The summed E-state index contributed by atoms with van der Waals surface area (Å²) < 4.78 is 69.6. The van der Waals surface area contributed by atoms with Gasteiger partial charge in [0.2, 0.25) is 0 Å². The van der Waals surface area contributed by atoms with Gasteiger partial charge in [-0.15, -0.1) is 22.7 Å². The van der Waals surface area contributed by atoms with E-state index >= 15 is 8.78 Å². The van der Waals surface area contributed by atoms with E-state index in [0.717, 1.165) is 28.4 Å². The zero-order chi connectivity index (χ0) is 75.2. The van der Waals surface area contributed by atoms with E-state index < -0.39 is 58.1 Å². The van der Waals surface area contributed by atoms with Crippen LogP contribution in [0.25, 0.3) is 22.3 Å². The number of nitrogens with zero attached hydrogens (tertiary/aromatic N) is 10. The van der Waals surface area contributed by atoms with Gasteiger partial charge < -0.3 is 29.9 Å². The summed E-state index contributed by atoms with van der Waals surface area (Å²) in [6.07, 6.45) is 3.31. The summed E-state index contributed by atoms with van der Waals surface area (Å²) in [5.41, 5.74) is 5.91. The zero-order valence-electron chi connectivity index (χ0n) is 59.1. The van der Waals surface area contributed by atoms with Crippen molar-refractivity contribution in [2.45, 2.75) is 76.5 Å². The Hall–Kier alpha value is -9.96. The molecule has 6 aliphatic rings. The molecule has 0 spiro atoms. The van der Waals surface area contributed by atoms with Gasteiger partial charge in [0.1, 0.15) is 46.9 Å². The molecule has 8 heterocycles. The monoisotopic (exact) mass is 1520 g/mol. The number of thiazole rings is 2. The summed E-state index contributed by atoms with van der Waals surface area (Å²) in [6.45, 7) is 14.5. The Labute approximate surface area is 627 Å². The minimum Gasteiger partial charge on any atom is -0.466 e. The molecule has 28 heteroatoms. The zero-order valence-corrected chi connectivity index (χ0v) is 62.2. The molecule has 548 valence electrons. The summed E-state index contributed by atoms with van der Waals surface area (Å²) >= 11 is 15.8. The number of aliphatic imine (C=N–C) groups is 2. The van der Waals surface area contributed by atoms with Crippen molar-refractivity contribution in [2.75, 3.05) is 89.5 Å². The van der Waals surface area contributed by atoms with Crippen LogP contribution in [0.15, 0.2) is 177 Å². The number of ketones is 2. The lowest BCUT2D eigenvalue weighted by molar-refractivity contribution is -0.137. The van der Waals surface area contributed by atoms with Crippen molar-refractivity contribution in [1.82, 2.24) is 40.2 Å². The van der Waals surface area contributed by atoms with Crippen molar-refractivity contribution in [3.05, 3.63) is 233 Å². The van der Waals surface area contributed by atoms with E-state index in [9.17, 15) is 37.5 Å². The Bertz CT molecular complexity index is 4920. The van der Waals surface area contributed by atoms with Crippen molar-refractivity contribution < 1.29 is 55.8 Å². The number of ether oxygens (including phenoxy) is 2. The molecule has 2 N–H and O–H groups in total. The second kappa shape index (κ2) is 30.5. The first-order valence-electron chi connectivity index (χ1n) is 34.2. The highest BCUT2D eigenvalue weighted by Crippen LogP contribution is 2.42. The van der Waals surface area contributed by atoms with Gasteiger partial charge in [-0.1, -0.05) is 89.9 Å². The maximum Gasteiger partial charge on any atom is 0.338 e. The third-order valence-electron chi connectivity index (χ3n) is 20.6. The number of carbonyl (C=O) groups excluding carboxylic acids is 6. The smallest absolute Gasteiger partial charge is 0.338 e. The fourth-order valence-electron chi connectivity index (χ4n) is 14.0. The molecule has 0 saturated carbocycles. The molecule has 0 radical (unpaired) electrons. The number of nitrogens with one attached hydrogen (secondary N) is 2. The van der Waals surface area contributed by atoms with E-state index in [4.69, 9.17) is 42.7 Å². The van der Waals surface area contributed by atoms with Crippen LogP contribution in [0.4, 0.5) is 38.5 Å². The fourth-order valence-corrected chi connectivity index (χ4v) is 15.7. The molecule has 106 heavy (non-hydrogen) atoms. The lowest BCUT2D eigenvalue weighted by atomic mass is 9.80. The maximum absolute atomic E-state index is 15.8. The topological polar surface area (TPSA) is 215 Å². The predicted octanol–water partition coefficient (Wildman–Crippen LogP) is 13.5. The summed E-state index contributed by atoms with van der Waals surface area (Å²) in [4.78, 5) is 108. The van der Waals surface area contributed by atoms with E-state index in [1.54, 1.807) is 55.6 Å². The Kier molecular flexibility index (Phi) is 21.4. The van der Waals surface area contributed by atoms with Crippen molar-refractivity contribution in [3.8, 4) is 22.3 Å². The van der Waals surface area contributed by atoms with Crippen molar-refractivity contribution in [1.29, 1.82) is 0 Å². The summed E-state index contributed by atoms with van der Waals surface area (Å²) in [7, 11) is 2.58. The molecule has 2 aromatic heterocycles. The molecule has 0 aliphatic carbocycles. The number of esters is 2. The lowest BCUT2D eigenvalue weighted by Gasteiger charge is -2.38. The first-order valence-corrected chi connectivity index (χ1v) is 36.7. The molecule has 20 nitrogen and oxygen atoms in total. The Balaban J connectivity index is 0.000000188. The van der Waals surface area contributed by atoms with Crippen LogP contribution < -0.4 is 20.4 Å². The first-order chi connectivity index (χ1) is 50.7. The third kappa shape index (κ3) is 14.9. The standard InChI is InChI=1S/C39H36ClF3N6O4S.C39H38ClFN6O4S/c1-21(50)39(2,3)23-6-8-26(29(42)16-23)22-5-10-32(30(43)15-22)49-19-25-18-47(12-13-48(25)38(49)52)20-31-33(37(51)53-4)34(27-9-7-24(41)17-28(27)40)46-35(45-31)36-44-11-14-54-36;1-23(48)39(2,3)26-9-5-24(6-10-26)25-7-12-28(13-8-25)47-21-29-20-45(16-17-46(29)38(47)50)22-32-33(37(49)51-4)34(30-14-11-27(41)19-31(30)40)44-35(43-32)36-42-15-18-52-36/h5-11,14-17,25,34H,12-13,18-20H2,1-4H3,(H,45,46);5-15,18-19,29,34H,16-17,20-22H2,1-4H3,(H,43,44)/t25-,34-;29-,34-/m00/s1. The van der Waals surface area contributed by atoms with Gasteiger partial charge in [-0.05, 0) is 124 Å². The molecule has 0 bridgehead atoms. The average Bonchev–Trinajstić information content (AvgIpc) is 1.38. The molecule has 14 rings (SSSR count). The summed E-state index contributed by atoms with van der Waals surface area (Å²) in [5, 5.41) is 11.7. The van der Waals surface area contributed by atoms with Crippen molar-refractivity contribution in [2.24, 2.45) is 9.98 Å². The maximum atomic E-state index is 15.8. The van der Waals surface area contributed by atoms with E-state index in [0.29, 0.717) is 108 Å². The molecule has 6 aromatic carbocycles. The SMILES string of the molecule is COC(=O)C1=C(CN2CCN3C(=O)N(c4ccc(-c5ccc(C(C)(C)C(C)=O)cc5)cc4)C[C@@H]3C2)NC(c2nccs2)=N[C@H]1c1ccc(F)cc1Cl.COC(=O)C1=C(CN2CCN3C(=O)N(c4ccc(-c5ccc(C(C)(C)C(C)=O)cc5F)cc4F)C[C@@H]3C2)NC(c2nccs2)=N[C@H]1c1ccc(F)cc1Cl. The number of hydrogen-bond donors (Lipinski definition) is 2. The van der Waals surface area contributed by atoms with Gasteiger partial charge in [0.25, 0.3) is 0 Å². The molecule has 4 saturated heterocycles. The van der Waals surface area contributed by atoms with Gasteiger partial charge in [0.15, 0.2) is 21.7 Å².